The van der Waals surface area contributed by atoms with Gasteiger partial charge in [0.15, 0.2) is 0 Å². The van der Waals surface area contributed by atoms with Crippen molar-refractivity contribution in [3.63, 3.8) is 0 Å². The zero-order valence-corrected chi connectivity index (χ0v) is 14.4. The van der Waals surface area contributed by atoms with Crippen LogP contribution in [0.25, 0.3) is 22.0 Å². The molecule has 130 valence electrons. The molecule has 2 aromatic heterocycles. The average molecular weight is 343 g/mol. The molecule has 0 unspecified atom stereocenters. The molecular weight excluding hydrogens is 322 g/mol. The molecule has 0 saturated heterocycles. The SMILES string of the molecule is N[C@H](COc1cncc(-c2ccccc2)c1)Cc1c[nH]c2ccccc12. The molecule has 0 aliphatic rings. The van der Waals surface area contributed by atoms with E-state index in [1.54, 1.807) is 6.20 Å². The van der Waals surface area contributed by atoms with Gasteiger partial charge in [-0.3, -0.25) is 4.98 Å². The highest BCUT2D eigenvalue weighted by molar-refractivity contribution is 5.83. The lowest BCUT2D eigenvalue weighted by Gasteiger charge is -2.13. The van der Waals surface area contributed by atoms with Crippen LogP contribution >= 0.6 is 0 Å². The topological polar surface area (TPSA) is 63.9 Å². The van der Waals surface area contributed by atoms with Crippen molar-refractivity contribution in [1.82, 2.24) is 9.97 Å². The van der Waals surface area contributed by atoms with Gasteiger partial charge >= 0.3 is 0 Å². The van der Waals surface area contributed by atoms with Crippen molar-refractivity contribution < 1.29 is 4.74 Å². The molecule has 0 aliphatic carbocycles. The molecule has 26 heavy (non-hydrogen) atoms. The molecular formula is C22H21N3O. The number of para-hydroxylation sites is 1. The summed E-state index contributed by atoms with van der Waals surface area (Å²) >= 11 is 0. The predicted octanol–water partition coefficient (Wildman–Crippen LogP) is 4.18. The van der Waals surface area contributed by atoms with Crippen LogP contribution in [0.5, 0.6) is 5.75 Å². The fourth-order valence-corrected chi connectivity index (χ4v) is 3.13. The van der Waals surface area contributed by atoms with E-state index in [-0.39, 0.29) is 6.04 Å². The number of aromatic amines is 1. The van der Waals surface area contributed by atoms with Gasteiger partial charge in [0.05, 0.1) is 6.20 Å². The summed E-state index contributed by atoms with van der Waals surface area (Å²) in [6.45, 7) is 0.444. The molecule has 2 aromatic carbocycles. The van der Waals surface area contributed by atoms with E-state index in [0.717, 1.165) is 28.8 Å². The van der Waals surface area contributed by atoms with Crippen molar-refractivity contribution in [2.24, 2.45) is 5.73 Å². The van der Waals surface area contributed by atoms with Crippen LogP contribution in [0.15, 0.2) is 79.3 Å². The molecule has 0 aliphatic heterocycles. The first kappa shape index (κ1) is 16.4. The first-order valence-electron chi connectivity index (χ1n) is 8.73. The van der Waals surface area contributed by atoms with Gasteiger partial charge in [0, 0.05) is 34.9 Å². The number of nitrogens with zero attached hydrogens (tertiary/aromatic N) is 1. The lowest BCUT2D eigenvalue weighted by molar-refractivity contribution is 0.287. The minimum Gasteiger partial charge on any atom is -0.490 e. The van der Waals surface area contributed by atoms with E-state index >= 15 is 0 Å². The van der Waals surface area contributed by atoms with Crippen LogP contribution < -0.4 is 10.5 Å². The van der Waals surface area contributed by atoms with Gasteiger partial charge in [-0.25, -0.2) is 0 Å². The van der Waals surface area contributed by atoms with Gasteiger partial charge in [-0.05, 0) is 29.7 Å². The molecule has 4 heteroatoms. The van der Waals surface area contributed by atoms with Crippen molar-refractivity contribution in [3.8, 4) is 16.9 Å². The third-order valence-electron chi connectivity index (χ3n) is 4.44. The second-order valence-electron chi connectivity index (χ2n) is 6.41. The Morgan fingerprint density at radius 2 is 1.77 bits per heavy atom. The summed E-state index contributed by atoms with van der Waals surface area (Å²) in [5.41, 5.74) is 10.8. The van der Waals surface area contributed by atoms with E-state index in [1.807, 2.05) is 48.8 Å². The van der Waals surface area contributed by atoms with E-state index in [0.29, 0.717) is 6.61 Å². The fraction of sp³-hybridized carbons (Fsp3) is 0.136. The maximum atomic E-state index is 6.29. The summed E-state index contributed by atoms with van der Waals surface area (Å²) in [7, 11) is 0. The summed E-state index contributed by atoms with van der Waals surface area (Å²) in [4.78, 5) is 7.57. The summed E-state index contributed by atoms with van der Waals surface area (Å²) < 4.78 is 5.89. The minimum absolute atomic E-state index is 0.0883. The summed E-state index contributed by atoms with van der Waals surface area (Å²) in [5, 5.41) is 1.22. The van der Waals surface area contributed by atoms with Crippen molar-refractivity contribution in [2.75, 3.05) is 6.61 Å². The van der Waals surface area contributed by atoms with Gasteiger partial charge < -0.3 is 15.5 Å². The van der Waals surface area contributed by atoms with Gasteiger partial charge in [0.1, 0.15) is 12.4 Å². The predicted molar refractivity (Wildman–Crippen MR) is 105 cm³/mol. The summed E-state index contributed by atoms with van der Waals surface area (Å²) in [5.74, 6) is 0.737. The number of benzene rings is 2. The van der Waals surface area contributed by atoms with Crippen molar-refractivity contribution in [3.05, 3.63) is 84.8 Å². The molecule has 0 spiro atoms. The van der Waals surface area contributed by atoms with Gasteiger partial charge in [-0.2, -0.15) is 0 Å². The molecule has 0 bridgehead atoms. The Morgan fingerprint density at radius 1 is 0.962 bits per heavy atom. The highest BCUT2D eigenvalue weighted by Crippen LogP contribution is 2.23. The smallest absolute Gasteiger partial charge is 0.138 e. The lowest BCUT2D eigenvalue weighted by atomic mass is 10.1. The van der Waals surface area contributed by atoms with E-state index in [9.17, 15) is 0 Å². The van der Waals surface area contributed by atoms with E-state index < -0.39 is 0 Å². The van der Waals surface area contributed by atoms with Crippen molar-refractivity contribution >= 4 is 10.9 Å². The van der Waals surface area contributed by atoms with Crippen molar-refractivity contribution in [2.45, 2.75) is 12.5 Å². The second kappa shape index (κ2) is 7.42. The van der Waals surface area contributed by atoms with Crippen LogP contribution in [0.3, 0.4) is 0 Å². The molecule has 4 nitrogen and oxygen atoms in total. The standard InChI is InChI=1S/C22H21N3O/c23-19(10-18-13-25-22-9-5-4-8-21(18)22)15-26-20-11-17(12-24-14-20)16-6-2-1-3-7-16/h1-9,11-14,19,25H,10,15,23H2/t19-/m0/s1. The maximum Gasteiger partial charge on any atom is 0.138 e. The first-order chi connectivity index (χ1) is 12.8. The van der Waals surface area contributed by atoms with Crippen LogP contribution in [0.2, 0.25) is 0 Å². The molecule has 4 aromatic rings. The number of hydrogen-bond donors (Lipinski definition) is 2. The average Bonchev–Trinajstić information content (AvgIpc) is 3.10. The largest absolute Gasteiger partial charge is 0.490 e. The molecule has 0 amide bonds. The molecule has 0 fully saturated rings. The Morgan fingerprint density at radius 3 is 2.65 bits per heavy atom. The van der Waals surface area contributed by atoms with Crippen LogP contribution in [-0.2, 0) is 6.42 Å². The molecule has 1 atom stereocenters. The Labute approximate surface area is 152 Å². The molecule has 0 saturated carbocycles. The van der Waals surface area contributed by atoms with Gasteiger partial charge in [-0.1, -0.05) is 48.5 Å². The number of ether oxygens (including phenoxy) is 1. The third-order valence-corrected chi connectivity index (χ3v) is 4.44. The number of rotatable bonds is 6. The Hall–Kier alpha value is -3.11. The lowest BCUT2D eigenvalue weighted by Crippen LogP contribution is -2.30. The van der Waals surface area contributed by atoms with Crippen LogP contribution in [0, 0.1) is 0 Å². The zero-order chi connectivity index (χ0) is 17.8. The third kappa shape index (κ3) is 3.60. The number of nitrogens with two attached hydrogens (primary N) is 1. The number of hydrogen-bond acceptors (Lipinski definition) is 3. The normalized spacial score (nSPS) is 12.2. The molecule has 4 rings (SSSR count). The zero-order valence-electron chi connectivity index (χ0n) is 14.4. The van der Waals surface area contributed by atoms with Gasteiger partial charge in [-0.15, -0.1) is 0 Å². The van der Waals surface area contributed by atoms with Gasteiger partial charge in [0.25, 0.3) is 0 Å². The maximum absolute atomic E-state index is 6.29. The Kier molecular flexibility index (Phi) is 4.67. The quantitative estimate of drug-likeness (QED) is 0.552. The van der Waals surface area contributed by atoms with E-state index in [1.165, 1.54) is 10.9 Å². The van der Waals surface area contributed by atoms with Crippen molar-refractivity contribution in [1.29, 1.82) is 0 Å². The molecule has 3 N–H and O–H groups in total. The molecule has 0 radical (unpaired) electrons. The summed E-state index contributed by atoms with van der Waals surface area (Å²) in [6.07, 6.45) is 6.36. The van der Waals surface area contributed by atoms with Crippen LogP contribution in [0.1, 0.15) is 5.56 Å². The monoisotopic (exact) mass is 343 g/mol. The Bertz CT molecular complexity index is 994. The number of fused-ring (bicyclic) bond motifs is 1. The van der Waals surface area contributed by atoms with E-state index in [4.69, 9.17) is 10.5 Å². The van der Waals surface area contributed by atoms with Gasteiger partial charge in [0.2, 0.25) is 0 Å². The molecule has 2 heterocycles. The summed E-state index contributed by atoms with van der Waals surface area (Å²) in [6, 6.07) is 20.3. The van der Waals surface area contributed by atoms with Crippen LogP contribution in [0.4, 0.5) is 0 Å². The number of aromatic nitrogens is 2. The van der Waals surface area contributed by atoms with Crippen LogP contribution in [-0.4, -0.2) is 22.6 Å². The van der Waals surface area contributed by atoms with E-state index in [2.05, 4.69) is 34.2 Å². The first-order valence-corrected chi connectivity index (χ1v) is 8.73. The number of nitrogens with one attached hydrogen (secondary N) is 1. The highest BCUT2D eigenvalue weighted by Gasteiger charge is 2.10. The number of pyridine rings is 1. The minimum atomic E-state index is -0.0883. The highest BCUT2D eigenvalue weighted by atomic mass is 16.5. The fourth-order valence-electron chi connectivity index (χ4n) is 3.13. The Balaban J connectivity index is 1.41. The number of H-pyrrole nitrogens is 1. The second-order valence-corrected chi connectivity index (χ2v) is 6.41.